The number of rotatable bonds is 8. The van der Waals surface area contributed by atoms with Gasteiger partial charge < -0.3 is 10.6 Å². The maximum absolute atomic E-state index is 13.3. The number of carbonyl (C=O) groups excluding carboxylic acids is 1. The first kappa shape index (κ1) is 23.0. The van der Waals surface area contributed by atoms with Gasteiger partial charge in [-0.1, -0.05) is 11.6 Å². The van der Waals surface area contributed by atoms with Crippen LogP contribution in [-0.4, -0.2) is 32.4 Å². The Morgan fingerprint density at radius 1 is 1.12 bits per heavy atom. The highest BCUT2D eigenvalue weighted by molar-refractivity contribution is 7.92. The molecule has 0 aliphatic carbocycles. The minimum atomic E-state index is -3.97. The maximum atomic E-state index is 13.3. The number of hydrogen-bond donors (Lipinski definition) is 3. The summed E-state index contributed by atoms with van der Waals surface area (Å²) in [5.41, 5.74) is 0.955. The van der Waals surface area contributed by atoms with E-state index < -0.39 is 15.8 Å². The van der Waals surface area contributed by atoms with Crippen molar-refractivity contribution in [3.63, 3.8) is 0 Å². The summed E-state index contributed by atoms with van der Waals surface area (Å²) in [5.74, 6) is -0.641. The van der Waals surface area contributed by atoms with Crippen LogP contribution in [0.15, 0.2) is 65.7 Å². The quantitative estimate of drug-likeness (QED) is 0.431. The van der Waals surface area contributed by atoms with E-state index in [1.807, 2.05) is 6.07 Å². The first-order valence-electron chi connectivity index (χ1n) is 9.25. The highest BCUT2D eigenvalue weighted by Crippen LogP contribution is 2.22. The van der Waals surface area contributed by atoms with Crippen molar-refractivity contribution in [2.75, 3.05) is 23.1 Å². The number of nitrogens with one attached hydrogen (secondary N) is 3. The van der Waals surface area contributed by atoms with Gasteiger partial charge in [-0.05, 0) is 54.6 Å². The zero-order valence-electron chi connectivity index (χ0n) is 16.5. The monoisotopic (exact) mass is 473 g/mol. The zero-order valence-corrected chi connectivity index (χ0v) is 18.0. The molecule has 0 saturated carbocycles. The number of amides is 1. The highest BCUT2D eigenvalue weighted by Gasteiger charge is 2.16. The Morgan fingerprint density at radius 2 is 1.88 bits per heavy atom. The molecule has 1 aromatic heterocycles. The minimum Gasteiger partial charge on any atom is -0.367 e. The number of aromatic nitrogens is 1. The highest BCUT2D eigenvalue weighted by atomic mass is 35.5. The van der Waals surface area contributed by atoms with Gasteiger partial charge in [0.05, 0.1) is 15.5 Å². The molecule has 164 valence electrons. The topological polar surface area (TPSA) is 124 Å². The molecule has 11 heteroatoms. The number of halogens is 2. The molecule has 1 heterocycles. The van der Waals surface area contributed by atoms with Gasteiger partial charge in [-0.15, -0.1) is 0 Å². The van der Waals surface area contributed by atoms with Crippen LogP contribution in [0.2, 0.25) is 5.02 Å². The van der Waals surface area contributed by atoms with Gasteiger partial charge in [-0.25, -0.2) is 17.8 Å². The largest absolute Gasteiger partial charge is 0.367 e. The fourth-order valence-corrected chi connectivity index (χ4v) is 3.97. The number of nitriles is 1. The van der Waals surface area contributed by atoms with Crippen LogP contribution in [0, 0.1) is 17.1 Å². The average Bonchev–Trinajstić information content (AvgIpc) is 2.78. The van der Waals surface area contributed by atoms with E-state index >= 15 is 0 Å². The summed E-state index contributed by atoms with van der Waals surface area (Å²) in [6.07, 6.45) is 1.56. The van der Waals surface area contributed by atoms with Crippen molar-refractivity contribution in [2.24, 2.45) is 0 Å². The Hall–Kier alpha value is -3.68. The van der Waals surface area contributed by atoms with E-state index in [-0.39, 0.29) is 28.1 Å². The van der Waals surface area contributed by atoms with E-state index in [0.29, 0.717) is 23.5 Å². The molecule has 8 nitrogen and oxygen atoms in total. The Kier molecular flexibility index (Phi) is 7.25. The van der Waals surface area contributed by atoms with E-state index in [9.17, 15) is 17.6 Å². The molecule has 32 heavy (non-hydrogen) atoms. The Labute approximate surface area is 189 Å². The molecule has 0 bridgehead atoms. The van der Waals surface area contributed by atoms with Crippen LogP contribution in [0.1, 0.15) is 15.9 Å². The molecule has 0 aliphatic heterocycles. The fraction of sp³-hybridized carbons (Fsp3) is 0.0952. The molecule has 3 rings (SSSR count). The molecule has 0 aliphatic rings. The molecule has 0 unspecified atom stereocenters. The van der Waals surface area contributed by atoms with Crippen molar-refractivity contribution >= 4 is 39.0 Å². The molecule has 0 radical (unpaired) electrons. The fourth-order valence-electron chi connectivity index (χ4n) is 2.64. The molecule has 3 aromatic rings. The standard InChI is InChI=1S/C21H17ClFN5O3S/c22-18-12-17(7-8-19(18)23)32(30,31)28-16-5-3-14(4-6-16)21(29)27-11-10-26-20-15(13-24)2-1-9-25-20/h1-9,12,28H,10-11H2,(H,25,26)(H,27,29). The maximum Gasteiger partial charge on any atom is 0.261 e. The molecule has 2 aromatic carbocycles. The third-order valence-electron chi connectivity index (χ3n) is 4.23. The Morgan fingerprint density at radius 3 is 2.56 bits per heavy atom. The van der Waals surface area contributed by atoms with E-state index in [2.05, 4.69) is 20.3 Å². The summed E-state index contributed by atoms with van der Waals surface area (Å²) in [5, 5.41) is 14.4. The van der Waals surface area contributed by atoms with Gasteiger partial charge in [0.25, 0.3) is 15.9 Å². The molecule has 3 N–H and O–H groups in total. The third-order valence-corrected chi connectivity index (χ3v) is 5.90. The van der Waals surface area contributed by atoms with Crippen molar-refractivity contribution in [3.8, 4) is 6.07 Å². The molecular formula is C21H17ClFN5O3S. The van der Waals surface area contributed by atoms with E-state index in [0.717, 1.165) is 18.2 Å². The van der Waals surface area contributed by atoms with Crippen LogP contribution in [0.4, 0.5) is 15.9 Å². The van der Waals surface area contributed by atoms with Crippen molar-refractivity contribution in [2.45, 2.75) is 4.90 Å². The molecule has 0 saturated heterocycles. The van der Waals surface area contributed by atoms with E-state index in [1.54, 1.807) is 18.3 Å². The average molecular weight is 474 g/mol. The molecule has 0 spiro atoms. The van der Waals surface area contributed by atoms with Crippen molar-refractivity contribution in [1.29, 1.82) is 5.26 Å². The van der Waals surface area contributed by atoms with Crippen molar-refractivity contribution in [3.05, 3.63) is 82.8 Å². The molecule has 1 amide bonds. The lowest BCUT2D eigenvalue weighted by molar-refractivity contribution is 0.0955. The predicted molar refractivity (Wildman–Crippen MR) is 118 cm³/mol. The van der Waals surface area contributed by atoms with Crippen molar-refractivity contribution < 1.29 is 17.6 Å². The smallest absolute Gasteiger partial charge is 0.261 e. The van der Waals surface area contributed by atoms with Gasteiger partial charge in [0, 0.05) is 30.5 Å². The number of anilines is 2. The number of nitrogens with zero attached hydrogens (tertiary/aromatic N) is 2. The minimum absolute atomic E-state index is 0.189. The van der Waals surface area contributed by atoms with Gasteiger partial charge in [0.15, 0.2) is 0 Å². The van der Waals surface area contributed by atoms with Gasteiger partial charge >= 0.3 is 0 Å². The summed E-state index contributed by atoms with van der Waals surface area (Å²) >= 11 is 5.65. The second-order valence-electron chi connectivity index (χ2n) is 6.45. The summed E-state index contributed by atoms with van der Waals surface area (Å²) in [4.78, 5) is 16.1. The van der Waals surface area contributed by atoms with Crippen LogP contribution < -0.4 is 15.4 Å². The van der Waals surface area contributed by atoms with E-state index in [4.69, 9.17) is 16.9 Å². The van der Waals surface area contributed by atoms with Gasteiger partial charge in [-0.3, -0.25) is 9.52 Å². The van der Waals surface area contributed by atoms with Crippen LogP contribution in [0.5, 0.6) is 0 Å². The Balaban J connectivity index is 1.55. The normalized spacial score (nSPS) is 10.8. The number of pyridine rings is 1. The van der Waals surface area contributed by atoms with Crippen LogP contribution >= 0.6 is 11.6 Å². The first-order chi connectivity index (χ1) is 15.3. The second kappa shape index (κ2) is 10.1. The lowest BCUT2D eigenvalue weighted by Crippen LogP contribution is -2.29. The lowest BCUT2D eigenvalue weighted by Gasteiger charge is -2.10. The summed E-state index contributed by atoms with van der Waals surface area (Å²) in [6, 6.07) is 14.2. The Bertz CT molecular complexity index is 1280. The summed E-state index contributed by atoms with van der Waals surface area (Å²) < 4.78 is 40.4. The van der Waals surface area contributed by atoms with E-state index in [1.165, 1.54) is 24.3 Å². The predicted octanol–water partition coefficient (Wildman–Crippen LogP) is 3.39. The SMILES string of the molecule is N#Cc1cccnc1NCCNC(=O)c1ccc(NS(=O)(=O)c2ccc(F)c(Cl)c2)cc1. The third kappa shape index (κ3) is 5.72. The molecular weight excluding hydrogens is 457 g/mol. The van der Waals surface area contributed by atoms with Crippen LogP contribution in [0.25, 0.3) is 0 Å². The van der Waals surface area contributed by atoms with Gasteiger partial charge in [0.1, 0.15) is 17.7 Å². The van der Waals surface area contributed by atoms with Crippen LogP contribution in [-0.2, 0) is 10.0 Å². The molecule has 0 atom stereocenters. The first-order valence-corrected chi connectivity index (χ1v) is 11.1. The van der Waals surface area contributed by atoms with Gasteiger partial charge in [-0.2, -0.15) is 5.26 Å². The molecule has 0 fully saturated rings. The number of hydrogen-bond acceptors (Lipinski definition) is 6. The zero-order chi connectivity index (χ0) is 23.1. The number of benzene rings is 2. The van der Waals surface area contributed by atoms with Gasteiger partial charge in [0.2, 0.25) is 0 Å². The number of sulfonamides is 1. The number of carbonyl (C=O) groups is 1. The summed E-state index contributed by atoms with van der Waals surface area (Å²) in [7, 11) is -3.97. The van der Waals surface area contributed by atoms with Crippen molar-refractivity contribution in [1.82, 2.24) is 10.3 Å². The second-order valence-corrected chi connectivity index (χ2v) is 8.54. The lowest BCUT2D eigenvalue weighted by atomic mass is 10.2. The summed E-state index contributed by atoms with van der Waals surface area (Å²) in [6.45, 7) is 0.634. The van der Waals surface area contributed by atoms with Crippen LogP contribution in [0.3, 0.4) is 0 Å².